The van der Waals surface area contributed by atoms with Crippen molar-refractivity contribution in [1.82, 2.24) is 29.4 Å². The molecule has 49 heavy (non-hydrogen) atoms. The molecule has 3 aromatic rings. The lowest BCUT2D eigenvalue weighted by Crippen LogP contribution is -2.45. The fraction of sp³-hybridized carbons (Fsp3) is 0.545. The van der Waals surface area contributed by atoms with E-state index in [1.165, 1.54) is 16.8 Å². The molecule has 1 saturated carbocycles. The summed E-state index contributed by atoms with van der Waals surface area (Å²) in [5, 5.41) is 8.04. The maximum absolute atomic E-state index is 13.1. The van der Waals surface area contributed by atoms with Gasteiger partial charge in [-0.25, -0.2) is 19.4 Å². The second kappa shape index (κ2) is 14.3. The molecule has 2 fully saturated rings. The number of ether oxygens (including phenoxy) is 2. The number of aromatic nitrogens is 4. The molecule has 4 heterocycles. The Balaban J connectivity index is 1.08. The van der Waals surface area contributed by atoms with Gasteiger partial charge < -0.3 is 19.7 Å². The third kappa shape index (κ3) is 9.30. The van der Waals surface area contributed by atoms with Crippen molar-refractivity contribution in [3.63, 3.8) is 0 Å². The number of hydrogen-bond donors (Lipinski definition) is 2. The quantitative estimate of drug-likeness (QED) is 0.143. The van der Waals surface area contributed by atoms with E-state index in [-0.39, 0.29) is 54.1 Å². The van der Waals surface area contributed by atoms with E-state index in [1.54, 1.807) is 18.3 Å². The first-order chi connectivity index (χ1) is 22.9. The van der Waals surface area contributed by atoms with Crippen molar-refractivity contribution < 1.29 is 32.2 Å². The van der Waals surface area contributed by atoms with Crippen LogP contribution in [0.2, 0.25) is 5.15 Å². The molecule has 2 aliphatic rings. The second-order valence-corrected chi connectivity index (χ2v) is 15.3. The predicted molar refractivity (Wildman–Crippen MR) is 180 cm³/mol. The van der Waals surface area contributed by atoms with Gasteiger partial charge >= 0.3 is 12.3 Å². The van der Waals surface area contributed by atoms with Crippen molar-refractivity contribution in [2.24, 2.45) is 11.3 Å². The van der Waals surface area contributed by atoms with Crippen molar-refractivity contribution >= 4 is 41.4 Å². The van der Waals surface area contributed by atoms with Gasteiger partial charge in [-0.2, -0.15) is 13.2 Å². The summed E-state index contributed by atoms with van der Waals surface area (Å²) < 4.78 is 54.6. The third-order valence-electron chi connectivity index (χ3n) is 8.57. The van der Waals surface area contributed by atoms with Crippen LogP contribution in [0.4, 0.5) is 23.8 Å². The van der Waals surface area contributed by atoms with Crippen molar-refractivity contribution in [3.8, 4) is 11.7 Å². The monoisotopic (exact) mass is 723 g/mol. The van der Waals surface area contributed by atoms with Crippen LogP contribution in [0.5, 0.6) is 5.88 Å². The number of likely N-dealkylation sites (tertiary alicyclic amines) is 1. The van der Waals surface area contributed by atoms with Crippen LogP contribution in [0.25, 0.3) is 5.82 Å². The maximum atomic E-state index is 13.1. The number of hydrogen-bond acceptors (Lipinski definition) is 9. The molecule has 11 nitrogen and oxygen atoms in total. The fourth-order valence-corrected chi connectivity index (χ4v) is 6.59. The summed E-state index contributed by atoms with van der Waals surface area (Å²) in [6.07, 6.45) is -1.15. The molecule has 16 heteroatoms. The summed E-state index contributed by atoms with van der Waals surface area (Å²) in [5.74, 6) is 0.949. The first-order valence-electron chi connectivity index (χ1n) is 16.1. The molecule has 0 aromatic carbocycles. The molecule has 266 valence electrons. The Hall–Kier alpha value is -3.72. The highest BCUT2D eigenvalue weighted by atomic mass is 35.5. The van der Waals surface area contributed by atoms with Crippen molar-refractivity contribution in [2.75, 3.05) is 25.0 Å². The second-order valence-electron chi connectivity index (χ2n) is 14.1. The number of amides is 2. The molecule has 1 atom stereocenters. The molecule has 1 unspecified atom stereocenters. The maximum Gasteiger partial charge on any atom is 0.410 e. The standard InChI is InChI=1S/C33H41ClF3N7O4S/c1-30(2,3)48-29(46)43-20-21(19-31(43,4)5)11-16-38-23-7-6-8-26(39-23)49-42-28(45)22-9-10-24(40-27(22)34)44-17-12-25(41-44)47-18-15-32(13-14-32)33(35,36)37/h6-10,12,17,21H,11,13-16,18-20H2,1-5H3,(H,38,39)(H,42,45). The molecule has 1 aliphatic heterocycles. The summed E-state index contributed by atoms with van der Waals surface area (Å²) >= 11 is 7.37. The highest BCUT2D eigenvalue weighted by molar-refractivity contribution is 7.97. The number of pyridine rings is 2. The van der Waals surface area contributed by atoms with Crippen molar-refractivity contribution in [2.45, 2.75) is 89.1 Å². The Morgan fingerprint density at radius 2 is 1.86 bits per heavy atom. The zero-order valence-electron chi connectivity index (χ0n) is 28.1. The van der Waals surface area contributed by atoms with Crippen LogP contribution in [0.15, 0.2) is 47.6 Å². The molecule has 5 rings (SSSR count). The van der Waals surface area contributed by atoms with Gasteiger partial charge in [-0.15, -0.1) is 5.10 Å². The Morgan fingerprint density at radius 3 is 2.53 bits per heavy atom. The van der Waals surface area contributed by atoms with Gasteiger partial charge in [0.1, 0.15) is 21.6 Å². The molecule has 3 aromatic heterocycles. The fourth-order valence-electron chi connectivity index (χ4n) is 5.76. The van der Waals surface area contributed by atoms with Gasteiger partial charge in [0.25, 0.3) is 5.91 Å². The van der Waals surface area contributed by atoms with Crippen LogP contribution >= 0.6 is 23.5 Å². The Bertz CT molecular complexity index is 1660. The van der Waals surface area contributed by atoms with Gasteiger partial charge in [0.15, 0.2) is 5.82 Å². The lowest BCUT2D eigenvalue weighted by molar-refractivity contribution is -0.190. The number of rotatable bonds is 12. The van der Waals surface area contributed by atoms with Gasteiger partial charge in [0.05, 0.1) is 17.6 Å². The summed E-state index contributed by atoms with van der Waals surface area (Å²) in [6, 6.07) is 10.0. The van der Waals surface area contributed by atoms with E-state index >= 15 is 0 Å². The van der Waals surface area contributed by atoms with Crippen LogP contribution in [0.3, 0.4) is 0 Å². The average Bonchev–Trinajstić information content (AvgIpc) is 3.55. The highest BCUT2D eigenvalue weighted by Gasteiger charge is 2.62. The van der Waals surface area contributed by atoms with Crippen LogP contribution in [0, 0.1) is 11.3 Å². The van der Waals surface area contributed by atoms with Gasteiger partial charge in [-0.3, -0.25) is 9.52 Å². The number of nitrogens with one attached hydrogen (secondary N) is 2. The minimum Gasteiger partial charge on any atom is -0.477 e. The van der Waals surface area contributed by atoms with E-state index in [0.717, 1.165) is 24.8 Å². The molecule has 0 bridgehead atoms. The largest absolute Gasteiger partial charge is 0.477 e. The van der Waals surface area contributed by atoms with E-state index in [9.17, 15) is 22.8 Å². The molecular formula is C33H41ClF3N7O4S. The van der Waals surface area contributed by atoms with Crippen molar-refractivity contribution in [3.05, 3.63) is 53.3 Å². The molecule has 0 radical (unpaired) electrons. The van der Waals surface area contributed by atoms with E-state index < -0.39 is 23.1 Å². The minimum absolute atomic E-state index is 0.0573. The van der Waals surface area contributed by atoms with Gasteiger partial charge in [-0.1, -0.05) is 17.7 Å². The topological polar surface area (TPSA) is 124 Å². The molecule has 1 saturated heterocycles. The summed E-state index contributed by atoms with van der Waals surface area (Å²) in [7, 11) is 0. The SMILES string of the molecule is CC(C)(C)OC(=O)N1CC(CCNc2cccc(SNC(=O)c3ccc(-n4ccc(OCCC5(C(F)(F)F)CC5)n4)nc3Cl)n2)CC1(C)C. The van der Waals surface area contributed by atoms with Crippen LogP contribution in [-0.4, -0.2) is 73.7 Å². The molecule has 2 N–H and O–H groups in total. The average molecular weight is 724 g/mol. The van der Waals surface area contributed by atoms with Crippen LogP contribution < -0.4 is 14.8 Å². The molecular weight excluding hydrogens is 683 g/mol. The van der Waals surface area contributed by atoms with Gasteiger partial charge in [0.2, 0.25) is 5.88 Å². The van der Waals surface area contributed by atoms with E-state index in [4.69, 9.17) is 21.1 Å². The smallest absolute Gasteiger partial charge is 0.410 e. The number of halogens is 4. The molecule has 1 aliphatic carbocycles. The first kappa shape index (κ1) is 36.6. The van der Waals surface area contributed by atoms with Crippen LogP contribution in [-0.2, 0) is 4.74 Å². The molecule has 0 spiro atoms. The van der Waals surface area contributed by atoms with Crippen molar-refractivity contribution in [1.29, 1.82) is 0 Å². The lowest BCUT2D eigenvalue weighted by Gasteiger charge is -2.33. The Morgan fingerprint density at radius 1 is 1.10 bits per heavy atom. The first-order valence-corrected chi connectivity index (χ1v) is 17.3. The highest BCUT2D eigenvalue weighted by Crippen LogP contribution is 2.59. The summed E-state index contributed by atoms with van der Waals surface area (Å²) in [6.45, 7) is 10.9. The zero-order valence-corrected chi connectivity index (χ0v) is 29.6. The Labute approximate surface area is 292 Å². The predicted octanol–water partition coefficient (Wildman–Crippen LogP) is 7.70. The van der Waals surface area contributed by atoms with Crippen LogP contribution in [0.1, 0.15) is 77.1 Å². The molecule has 2 amide bonds. The van der Waals surface area contributed by atoms with Gasteiger partial charge in [-0.05, 0) is 96.9 Å². The third-order valence-corrected chi connectivity index (χ3v) is 9.58. The Kier molecular flexibility index (Phi) is 10.6. The lowest BCUT2D eigenvalue weighted by atomic mass is 9.94. The summed E-state index contributed by atoms with van der Waals surface area (Å²) in [5.41, 5.74) is -2.34. The number of anilines is 1. The number of alkyl halides is 3. The normalized spacial score (nSPS) is 18.2. The van der Waals surface area contributed by atoms with E-state index in [1.807, 2.05) is 37.8 Å². The minimum atomic E-state index is -4.23. The number of carbonyl (C=O) groups is 2. The zero-order chi connectivity index (χ0) is 35.6. The number of carbonyl (C=O) groups excluding carboxylic acids is 2. The number of nitrogens with zero attached hydrogens (tertiary/aromatic N) is 5. The van der Waals surface area contributed by atoms with E-state index in [2.05, 4.69) is 39.0 Å². The van der Waals surface area contributed by atoms with Gasteiger partial charge in [0, 0.05) is 42.8 Å². The van der Waals surface area contributed by atoms with E-state index in [0.29, 0.717) is 35.7 Å². The summed E-state index contributed by atoms with van der Waals surface area (Å²) in [4.78, 5) is 36.3.